The largest absolute Gasteiger partial charge is 0.352 e. The number of sulfonamides is 1. The van der Waals surface area contributed by atoms with Crippen LogP contribution in [0.5, 0.6) is 0 Å². The number of carbonyl (C=O) groups is 1. The van der Waals surface area contributed by atoms with E-state index in [1.54, 1.807) is 41.8 Å². The fourth-order valence-electron chi connectivity index (χ4n) is 2.17. The third-order valence-electron chi connectivity index (χ3n) is 3.48. The van der Waals surface area contributed by atoms with Crippen molar-refractivity contribution in [3.8, 4) is 0 Å². The van der Waals surface area contributed by atoms with E-state index in [0.29, 0.717) is 17.8 Å². The van der Waals surface area contributed by atoms with Crippen molar-refractivity contribution in [2.45, 2.75) is 36.8 Å². The van der Waals surface area contributed by atoms with Crippen LogP contribution in [-0.4, -0.2) is 20.9 Å². The van der Waals surface area contributed by atoms with Gasteiger partial charge in [-0.3, -0.25) is 9.52 Å². The van der Waals surface area contributed by atoms with Gasteiger partial charge in [0.25, 0.3) is 15.9 Å². The first-order valence-corrected chi connectivity index (χ1v) is 10.3. The van der Waals surface area contributed by atoms with E-state index in [1.807, 2.05) is 0 Å². The molecule has 0 saturated carbocycles. The zero-order valence-corrected chi connectivity index (χ0v) is 15.3. The maximum Gasteiger partial charge on any atom is 0.271 e. The third-order valence-corrected chi connectivity index (χ3v) is 6.25. The van der Waals surface area contributed by atoms with Crippen LogP contribution in [0.1, 0.15) is 43.0 Å². The van der Waals surface area contributed by atoms with E-state index in [0.717, 1.165) is 30.6 Å². The Labute approximate surface area is 147 Å². The Balaban J connectivity index is 1.90. The molecule has 5 nitrogen and oxygen atoms in total. The van der Waals surface area contributed by atoms with E-state index in [9.17, 15) is 13.2 Å². The summed E-state index contributed by atoms with van der Waals surface area (Å²) in [6, 6.07) is 9.66. The minimum atomic E-state index is -3.56. The van der Waals surface area contributed by atoms with E-state index in [1.165, 1.54) is 6.42 Å². The molecule has 130 valence electrons. The molecule has 0 aliphatic rings. The molecule has 0 spiro atoms. The van der Waals surface area contributed by atoms with E-state index in [4.69, 9.17) is 0 Å². The van der Waals surface area contributed by atoms with Crippen LogP contribution < -0.4 is 10.0 Å². The van der Waals surface area contributed by atoms with E-state index in [2.05, 4.69) is 17.0 Å². The average Bonchev–Trinajstić information content (AvgIpc) is 3.10. The zero-order valence-electron chi connectivity index (χ0n) is 13.6. The van der Waals surface area contributed by atoms with Crippen molar-refractivity contribution in [2.75, 3.05) is 11.3 Å². The van der Waals surface area contributed by atoms with Crippen molar-refractivity contribution < 1.29 is 13.2 Å². The molecule has 1 aromatic carbocycles. The number of benzene rings is 1. The number of hydrogen-bond donors (Lipinski definition) is 2. The molecule has 1 heterocycles. The fraction of sp³-hybridized carbons (Fsp3) is 0.353. The second-order valence-corrected chi connectivity index (χ2v) is 8.29. The summed E-state index contributed by atoms with van der Waals surface area (Å²) in [7, 11) is -3.56. The van der Waals surface area contributed by atoms with Crippen LogP contribution in [0.2, 0.25) is 0 Å². The second kappa shape index (κ2) is 8.84. The highest BCUT2D eigenvalue weighted by molar-refractivity contribution is 7.94. The molecule has 0 saturated heterocycles. The fourth-order valence-corrected chi connectivity index (χ4v) is 4.22. The lowest BCUT2D eigenvalue weighted by Gasteiger charge is -2.08. The Hall–Kier alpha value is -1.86. The molecule has 0 atom stereocenters. The van der Waals surface area contributed by atoms with Crippen LogP contribution in [0.15, 0.2) is 46.0 Å². The molecule has 0 radical (unpaired) electrons. The molecule has 1 aromatic heterocycles. The number of hydrogen-bond acceptors (Lipinski definition) is 4. The van der Waals surface area contributed by atoms with Crippen LogP contribution in [0.25, 0.3) is 0 Å². The topological polar surface area (TPSA) is 75.3 Å². The Morgan fingerprint density at radius 1 is 1.08 bits per heavy atom. The zero-order chi connectivity index (χ0) is 17.4. The van der Waals surface area contributed by atoms with Crippen LogP contribution in [0.4, 0.5) is 5.69 Å². The van der Waals surface area contributed by atoms with E-state index in [-0.39, 0.29) is 10.1 Å². The van der Waals surface area contributed by atoms with Crippen molar-refractivity contribution in [3.63, 3.8) is 0 Å². The van der Waals surface area contributed by atoms with Crippen LogP contribution in [0.3, 0.4) is 0 Å². The molecular formula is C17H22N2O3S2. The highest BCUT2D eigenvalue weighted by Crippen LogP contribution is 2.20. The van der Waals surface area contributed by atoms with Gasteiger partial charge in [-0.1, -0.05) is 32.3 Å². The molecule has 1 amide bonds. The van der Waals surface area contributed by atoms with Crippen LogP contribution in [-0.2, 0) is 10.0 Å². The van der Waals surface area contributed by atoms with Gasteiger partial charge in [-0.25, -0.2) is 8.42 Å². The molecule has 2 aromatic rings. The highest BCUT2D eigenvalue weighted by atomic mass is 32.2. The van der Waals surface area contributed by atoms with Gasteiger partial charge < -0.3 is 5.32 Å². The summed E-state index contributed by atoms with van der Waals surface area (Å²) in [5.41, 5.74) is 0.951. The standard InChI is InChI=1S/C17H22N2O3S2/c1-2-3-4-5-12-18-17(20)14-8-10-15(11-9-14)19-24(21,22)16-7-6-13-23-16/h6-11,13,19H,2-5,12H2,1H3,(H,18,20). The summed E-state index contributed by atoms with van der Waals surface area (Å²) in [4.78, 5) is 12.0. The molecule has 0 bridgehead atoms. The highest BCUT2D eigenvalue weighted by Gasteiger charge is 2.15. The molecule has 0 aliphatic heterocycles. The first-order chi connectivity index (χ1) is 11.5. The lowest BCUT2D eigenvalue weighted by atomic mass is 10.2. The Morgan fingerprint density at radius 2 is 1.83 bits per heavy atom. The molecule has 24 heavy (non-hydrogen) atoms. The van der Waals surface area contributed by atoms with Crippen molar-refractivity contribution in [1.29, 1.82) is 0 Å². The van der Waals surface area contributed by atoms with E-state index >= 15 is 0 Å². The first-order valence-electron chi connectivity index (χ1n) is 7.97. The smallest absolute Gasteiger partial charge is 0.271 e. The number of rotatable bonds is 9. The first kappa shape index (κ1) is 18.5. The van der Waals surface area contributed by atoms with Crippen molar-refractivity contribution >= 4 is 33.0 Å². The summed E-state index contributed by atoms with van der Waals surface area (Å²) in [5, 5.41) is 4.58. The molecule has 0 fully saturated rings. The maximum atomic E-state index is 12.1. The summed E-state index contributed by atoms with van der Waals surface area (Å²) in [6.07, 6.45) is 4.42. The quantitative estimate of drug-likeness (QED) is 0.662. The molecule has 2 rings (SSSR count). The summed E-state index contributed by atoms with van der Waals surface area (Å²) in [5.74, 6) is -0.140. The predicted molar refractivity (Wildman–Crippen MR) is 98.0 cm³/mol. The van der Waals surface area contributed by atoms with Gasteiger partial charge in [0.15, 0.2) is 0 Å². The predicted octanol–water partition coefficient (Wildman–Crippen LogP) is 3.86. The summed E-state index contributed by atoms with van der Waals surface area (Å²) < 4.78 is 27.0. The normalized spacial score (nSPS) is 11.2. The minimum absolute atomic E-state index is 0.140. The second-order valence-electron chi connectivity index (χ2n) is 5.43. The maximum absolute atomic E-state index is 12.1. The molecule has 0 unspecified atom stereocenters. The molecular weight excluding hydrogens is 344 g/mol. The molecule has 2 N–H and O–H groups in total. The third kappa shape index (κ3) is 5.35. The lowest BCUT2D eigenvalue weighted by Crippen LogP contribution is -2.24. The van der Waals surface area contributed by atoms with Gasteiger partial charge in [-0.15, -0.1) is 11.3 Å². The summed E-state index contributed by atoms with van der Waals surface area (Å²) in [6.45, 7) is 2.80. The van der Waals surface area contributed by atoms with Gasteiger partial charge in [0.05, 0.1) is 0 Å². The van der Waals surface area contributed by atoms with Gasteiger partial charge in [0.2, 0.25) is 0 Å². The molecule has 7 heteroatoms. The molecule has 0 aliphatic carbocycles. The van der Waals surface area contributed by atoms with Crippen molar-refractivity contribution in [2.24, 2.45) is 0 Å². The van der Waals surface area contributed by atoms with Gasteiger partial charge in [-0.2, -0.15) is 0 Å². The number of carbonyl (C=O) groups excluding carboxylic acids is 1. The minimum Gasteiger partial charge on any atom is -0.352 e. The van der Waals surface area contributed by atoms with Gasteiger partial charge >= 0.3 is 0 Å². The number of thiophene rings is 1. The number of anilines is 1. The number of nitrogens with one attached hydrogen (secondary N) is 2. The van der Waals surface area contributed by atoms with Crippen molar-refractivity contribution in [3.05, 3.63) is 47.3 Å². The van der Waals surface area contributed by atoms with Gasteiger partial charge in [-0.05, 0) is 42.1 Å². The Morgan fingerprint density at radius 3 is 2.46 bits per heavy atom. The van der Waals surface area contributed by atoms with Gasteiger partial charge in [0.1, 0.15) is 4.21 Å². The number of unbranched alkanes of at least 4 members (excludes halogenated alkanes) is 3. The Kier molecular flexibility index (Phi) is 6.81. The SMILES string of the molecule is CCCCCCNC(=O)c1ccc(NS(=O)(=O)c2cccs2)cc1. The number of amides is 1. The van der Waals surface area contributed by atoms with Gasteiger partial charge in [0, 0.05) is 17.8 Å². The average molecular weight is 367 g/mol. The van der Waals surface area contributed by atoms with E-state index < -0.39 is 10.0 Å². The van der Waals surface area contributed by atoms with Crippen LogP contribution in [0, 0.1) is 0 Å². The van der Waals surface area contributed by atoms with Crippen molar-refractivity contribution in [1.82, 2.24) is 5.32 Å². The van der Waals surface area contributed by atoms with Crippen LogP contribution >= 0.6 is 11.3 Å². The monoisotopic (exact) mass is 366 g/mol. The lowest BCUT2D eigenvalue weighted by molar-refractivity contribution is 0.0953. The summed E-state index contributed by atoms with van der Waals surface area (Å²) >= 11 is 1.16. The Bertz CT molecular complexity index is 739.